The number of halogens is 1. The Labute approximate surface area is 156 Å². The van der Waals surface area contributed by atoms with E-state index in [1.807, 2.05) is 10.8 Å². The van der Waals surface area contributed by atoms with Crippen LogP contribution >= 0.6 is 0 Å². The molecule has 0 bridgehead atoms. The monoisotopic (exact) mass is 362 g/mol. The van der Waals surface area contributed by atoms with Crippen LogP contribution in [-0.2, 0) is 19.4 Å². The fourth-order valence-corrected chi connectivity index (χ4v) is 2.93. The number of hydrogen-bond acceptors (Lipinski definition) is 4. The number of aryl methyl sites for hydroxylation is 3. The third-order valence-electron chi connectivity index (χ3n) is 4.52. The second-order valence-electron chi connectivity index (χ2n) is 6.31. The smallest absolute Gasteiger partial charge is 0.260 e. The Morgan fingerprint density at radius 2 is 1.81 bits per heavy atom. The minimum atomic E-state index is -0.633. The van der Waals surface area contributed by atoms with Gasteiger partial charge in [0.2, 0.25) is 0 Å². The molecule has 0 fully saturated rings. The molecule has 27 heavy (non-hydrogen) atoms. The van der Waals surface area contributed by atoms with Gasteiger partial charge in [0.25, 0.3) is 5.95 Å². The van der Waals surface area contributed by atoms with Gasteiger partial charge in [-0.15, -0.1) is 5.10 Å². The summed E-state index contributed by atoms with van der Waals surface area (Å²) in [5, 5.41) is 9.54. The summed E-state index contributed by atoms with van der Waals surface area (Å²) in [4.78, 5) is 8.78. The minimum absolute atomic E-state index is 0.175. The van der Waals surface area contributed by atoms with Crippen LogP contribution in [0.4, 0.5) is 4.39 Å². The summed E-state index contributed by atoms with van der Waals surface area (Å²) in [6, 6.07) is 12.2. The Morgan fingerprint density at radius 1 is 1.00 bits per heavy atom. The van der Waals surface area contributed by atoms with E-state index in [9.17, 15) is 4.39 Å². The van der Waals surface area contributed by atoms with Gasteiger partial charge < -0.3 is 4.57 Å². The summed E-state index contributed by atoms with van der Waals surface area (Å²) in [7, 11) is 0. The van der Waals surface area contributed by atoms with Crippen molar-refractivity contribution in [3.05, 3.63) is 72.2 Å². The zero-order valence-electron chi connectivity index (χ0n) is 14.9. The summed E-state index contributed by atoms with van der Waals surface area (Å²) in [5.74, 6) is -0.633. The van der Waals surface area contributed by atoms with Crippen molar-refractivity contribution in [3.63, 3.8) is 0 Å². The molecule has 0 atom stereocenters. The lowest BCUT2D eigenvalue weighted by Gasteiger charge is -2.04. The van der Waals surface area contributed by atoms with E-state index in [0.29, 0.717) is 11.3 Å². The SMILES string of the molecule is CCc1ccc(CCn2cnc(-c3cc(-c4n[nH]nc4F)ccn3)c2)cc1. The summed E-state index contributed by atoms with van der Waals surface area (Å²) in [5.41, 5.74) is 4.83. The zero-order chi connectivity index (χ0) is 18.6. The highest BCUT2D eigenvalue weighted by Crippen LogP contribution is 2.23. The molecule has 0 saturated carbocycles. The lowest BCUT2D eigenvalue weighted by molar-refractivity contribution is 0.581. The van der Waals surface area contributed by atoms with E-state index in [2.05, 4.69) is 56.6 Å². The molecule has 0 saturated heterocycles. The fraction of sp³-hybridized carbons (Fsp3) is 0.200. The van der Waals surface area contributed by atoms with E-state index in [-0.39, 0.29) is 5.69 Å². The summed E-state index contributed by atoms with van der Waals surface area (Å²) in [6.45, 7) is 2.98. The number of H-pyrrole nitrogens is 1. The maximum Gasteiger partial charge on any atom is 0.260 e. The summed E-state index contributed by atoms with van der Waals surface area (Å²) >= 11 is 0. The van der Waals surface area contributed by atoms with Gasteiger partial charge in [0.1, 0.15) is 11.4 Å². The van der Waals surface area contributed by atoms with Crippen molar-refractivity contribution in [2.75, 3.05) is 0 Å². The van der Waals surface area contributed by atoms with E-state index < -0.39 is 5.95 Å². The number of pyridine rings is 1. The molecule has 7 heteroatoms. The predicted molar refractivity (Wildman–Crippen MR) is 100 cm³/mol. The first kappa shape index (κ1) is 17.1. The van der Waals surface area contributed by atoms with Gasteiger partial charge in [-0.25, -0.2) is 4.98 Å². The van der Waals surface area contributed by atoms with Crippen LogP contribution in [-0.4, -0.2) is 29.9 Å². The van der Waals surface area contributed by atoms with Gasteiger partial charge in [-0.3, -0.25) is 4.98 Å². The number of benzene rings is 1. The highest BCUT2D eigenvalue weighted by Gasteiger charge is 2.12. The molecule has 3 heterocycles. The molecule has 0 aliphatic rings. The van der Waals surface area contributed by atoms with Crippen molar-refractivity contribution >= 4 is 0 Å². The molecule has 0 aliphatic heterocycles. The first-order valence-corrected chi connectivity index (χ1v) is 8.85. The average molecular weight is 362 g/mol. The molecule has 4 aromatic rings. The molecule has 0 radical (unpaired) electrons. The standard InChI is InChI=1S/C20H19FN6/c1-2-14-3-5-15(6-4-14)8-10-27-12-18(23-13-27)17-11-16(7-9-22-17)19-20(21)25-26-24-19/h3-7,9,11-13H,2,8,10H2,1H3,(H,24,25,26). The first-order chi connectivity index (χ1) is 13.2. The van der Waals surface area contributed by atoms with E-state index in [0.717, 1.165) is 25.1 Å². The number of aromatic amines is 1. The molecule has 136 valence electrons. The molecular formula is C20H19FN6. The Hall–Kier alpha value is -3.35. The number of rotatable bonds is 6. The molecule has 6 nitrogen and oxygen atoms in total. The van der Waals surface area contributed by atoms with Gasteiger partial charge in [-0.05, 0) is 36.1 Å². The Balaban J connectivity index is 1.48. The maximum atomic E-state index is 13.6. The fourth-order valence-electron chi connectivity index (χ4n) is 2.93. The molecular weight excluding hydrogens is 343 g/mol. The Morgan fingerprint density at radius 3 is 2.56 bits per heavy atom. The van der Waals surface area contributed by atoms with Crippen LogP contribution in [0.15, 0.2) is 55.1 Å². The van der Waals surface area contributed by atoms with Crippen LogP contribution in [0.5, 0.6) is 0 Å². The van der Waals surface area contributed by atoms with Gasteiger partial charge in [0, 0.05) is 24.5 Å². The van der Waals surface area contributed by atoms with Crippen LogP contribution < -0.4 is 0 Å². The molecule has 1 aromatic carbocycles. The number of nitrogens with zero attached hydrogens (tertiary/aromatic N) is 5. The lowest BCUT2D eigenvalue weighted by Crippen LogP contribution is -1.98. The van der Waals surface area contributed by atoms with Crippen molar-refractivity contribution in [2.45, 2.75) is 26.3 Å². The van der Waals surface area contributed by atoms with Crippen molar-refractivity contribution in [3.8, 4) is 22.6 Å². The molecule has 0 aliphatic carbocycles. The number of aromatic nitrogens is 6. The van der Waals surface area contributed by atoms with Gasteiger partial charge >= 0.3 is 0 Å². The maximum absolute atomic E-state index is 13.6. The average Bonchev–Trinajstić information content (AvgIpc) is 3.36. The molecule has 3 aromatic heterocycles. The Kier molecular flexibility index (Phi) is 4.74. The molecule has 1 N–H and O–H groups in total. The van der Waals surface area contributed by atoms with Crippen molar-refractivity contribution in [2.24, 2.45) is 0 Å². The first-order valence-electron chi connectivity index (χ1n) is 8.85. The lowest BCUT2D eigenvalue weighted by atomic mass is 10.1. The van der Waals surface area contributed by atoms with Crippen LogP contribution in [0.3, 0.4) is 0 Å². The summed E-state index contributed by atoms with van der Waals surface area (Å²) < 4.78 is 15.7. The summed E-state index contributed by atoms with van der Waals surface area (Å²) in [6.07, 6.45) is 7.34. The normalized spacial score (nSPS) is 11.0. The van der Waals surface area contributed by atoms with Crippen LogP contribution in [0.25, 0.3) is 22.6 Å². The molecule has 0 unspecified atom stereocenters. The predicted octanol–water partition coefficient (Wildman–Crippen LogP) is 3.67. The topological polar surface area (TPSA) is 72.3 Å². The van der Waals surface area contributed by atoms with Gasteiger partial charge in [0.15, 0.2) is 0 Å². The number of hydrogen-bond donors (Lipinski definition) is 1. The highest BCUT2D eigenvalue weighted by molar-refractivity contribution is 5.65. The molecule has 4 rings (SSSR count). The van der Waals surface area contributed by atoms with E-state index in [1.54, 1.807) is 24.7 Å². The van der Waals surface area contributed by atoms with Crippen LogP contribution in [0.1, 0.15) is 18.1 Å². The molecule has 0 spiro atoms. The van der Waals surface area contributed by atoms with E-state index in [1.165, 1.54) is 11.1 Å². The van der Waals surface area contributed by atoms with E-state index >= 15 is 0 Å². The second kappa shape index (κ2) is 7.49. The van der Waals surface area contributed by atoms with Crippen molar-refractivity contribution < 1.29 is 4.39 Å². The van der Waals surface area contributed by atoms with Crippen LogP contribution in [0, 0.1) is 5.95 Å². The van der Waals surface area contributed by atoms with Gasteiger partial charge in [-0.1, -0.05) is 31.2 Å². The third kappa shape index (κ3) is 3.76. The number of imidazole rings is 1. The van der Waals surface area contributed by atoms with Crippen molar-refractivity contribution in [1.29, 1.82) is 0 Å². The largest absolute Gasteiger partial charge is 0.336 e. The minimum Gasteiger partial charge on any atom is -0.336 e. The highest BCUT2D eigenvalue weighted by atomic mass is 19.1. The van der Waals surface area contributed by atoms with Gasteiger partial charge in [0.05, 0.1) is 12.0 Å². The van der Waals surface area contributed by atoms with Gasteiger partial charge in [-0.2, -0.15) is 14.7 Å². The van der Waals surface area contributed by atoms with Crippen LogP contribution in [0.2, 0.25) is 0 Å². The number of nitrogens with one attached hydrogen (secondary N) is 1. The zero-order valence-corrected chi connectivity index (χ0v) is 14.9. The molecule has 0 amide bonds. The third-order valence-corrected chi connectivity index (χ3v) is 4.52. The van der Waals surface area contributed by atoms with Crippen molar-refractivity contribution in [1.82, 2.24) is 29.9 Å². The van der Waals surface area contributed by atoms with E-state index in [4.69, 9.17) is 0 Å². The quantitative estimate of drug-likeness (QED) is 0.568. The second-order valence-corrected chi connectivity index (χ2v) is 6.31. The Bertz CT molecular complexity index is 1030.